The summed E-state index contributed by atoms with van der Waals surface area (Å²) in [7, 11) is -2.36. The van der Waals surface area contributed by atoms with Gasteiger partial charge in [-0.25, -0.2) is 0 Å². The van der Waals surface area contributed by atoms with Gasteiger partial charge >= 0.3 is 9.53 Å². The Morgan fingerprint density at radius 1 is 0.750 bits per heavy atom. The molecule has 0 N–H and O–H groups in total. The molecule has 0 aliphatic rings. The second-order valence-electron chi connectivity index (χ2n) is 3.15. The molecule has 3 atom stereocenters. The maximum absolute atomic E-state index is 5.88. The van der Waals surface area contributed by atoms with E-state index in [2.05, 4.69) is 0 Å². The standard InChI is InChI=1S/C9H19Cl3O3Si/c1-4-7(10)13-16(14-8(11)5-2)15-9(12)6-3/h7-9,16H,4-6H2,1-3H3. The summed E-state index contributed by atoms with van der Waals surface area (Å²) in [5, 5.41) is 0. The lowest BCUT2D eigenvalue weighted by molar-refractivity contribution is 0.0612. The van der Waals surface area contributed by atoms with Gasteiger partial charge in [-0.2, -0.15) is 0 Å². The second kappa shape index (κ2) is 9.94. The molecule has 0 saturated carbocycles. The lowest BCUT2D eigenvalue weighted by Gasteiger charge is -2.23. The summed E-state index contributed by atoms with van der Waals surface area (Å²) < 4.78 is 16.3. The number of halogens is 3. The molecule has 16 heavy (non-hydrogen) atoms. The summed E-state index contributed by atoms with van der Waals surface area (Å²) in [4.78, 5) is 0. The molecule has 3 nitrogen and oxygen atoms in total. The van der Waals surface area contributed by atoms with Crippen LogP contribution in [0.25, 0.3) is 0 Å². The molecule has 0 aliphatic heterocycles. The van der Waals surface area contributed by atoms with Crippen molar-refractivity contribution in [2.45, 2.75) is 56.7 Å². The van der Waals surface area contributed by atoms with Gasteiger partial charge in [0.2, 0.25) is 0 Å². The zero-order valence-corrected chi connectivity index (χ0v) is 13.2. The molecule has 0 fully saturated rings. The maximum atomic E-state index is 5.88. The van der Waals surface area contributed by atoms with Crippen LogP contribution >= 0.6 is 34.8 Å². The minimum atomic E-state index is -2.36. The number of rotatable bonds is 9. The second-order valence-corrected chi connectivity index (χ2v) is 6.01. The number of hydrogen-bond acceptors (Lipinski definition) is 3. The van der Waals surface area contributed by atoms with Gasteiger partial charge in [0.05, 0.1) is 0 Å². The van der Waals surface area contributed by atoms with Gasteiger partial charge in [-0.1, -0.05) is 55.6 Å². The average molecular weight is 310 g/mol. The third kappa shape index (κ3) is 8.12. The Bertz CT molecular complexity index is 148. The molecule has 0 aromatic carbocycles. The minimum Gasteiger partial charge on any atom is -0.359 e. The fourth-order valence-electron chi connectivity index (χ4n) is 0.747. The van der Waals surface area contributed by atoms with Gasteiger partial charge in [0, 0.05) is 0 Å². The van der Waals surface area contributed by atoms with Gasteiger partial charge in [0.25, 0.3) is 0 Å². The van der Waals surface area contributed by atoms with Gasteiger partial charge in [-0.05, 0) is 19.3 Å². The molecule has 0 spiro atoms. The molecule has 0 bridgehead atoms. The fourth-order valence-corrected chi connectivity index (χ4v) is 3.00. The Morgan fingerprint density at radius 3 is 1.19 bits per heavy atom. The maximum Gasteiger partial charge on any atom is 0.487 e. The molecular formula is C9H19Cl3O3Si. The van der Waals surface area contributed by atoms with Gasteiger partial charge < -0.3 is 13.3 Å². The predicted octanol–water partition coefficient (Wildman–Crippen LogP) is 3.68. The van der Waals surface area contributed by atoms with Gasteiger partial charge in [0.15, 0.2) is 0 Å². The molecule has 0 aromatic rings. The van der Waals surface area contributed by atoms with Crippen molar-refractivity contribution >= 4 is 44.3 Å². The molecule has 0 amide bonds. The van der Waals surface area contributed by atoms with Crippen molar-refractivity contribution in [2.75, 3.05) is 0 Å². The third-order valence-electron chi connectivity index (χ3n) is 1.74. The quantitative estimate of drug-likeness (QED) is 0.480. The summed E-state index contributed by atoms with van der Waals surface area (Å²) in [5.74, 6) is 0. The van der Waals surface area contributed by atoms with E-state index in [-0.39, 0.29) is 0 Å². The van der Waals surface area contributed by atoms with E-state index in [0.717, 1.165) is 0 Å². The number of alkyl halides is 3. The first-order valence-corrected chi connectivity index (χ1v) is 8.14. The summed E-state index contributed by atoms with van der Waals surface area (Å²) in [5.41, 5.74) is -1.26. The van der Waals surface area contributed by atoms with Crippen LogP contribution in [0.4, 0.5) is 0 Å². The summed E-state index contributed by atoms with van der Waals surface area (Å²) in [6, 6.07) is 0. The SMILES string of the molecule is CCC(Cl)O[SiH](OC(Cl)CC)OC(Cl)CC. The molecule has 98 valence electrons. The van der Waals surface area contributed by atoms with Crippen molar-refractivity contribution < 1.29 is 13.3 Å². The van der Waals surface area contributed by atoms with E-state index in [4.69, 9.17) is 48.1 Å². The highest BCUT2D eigenvalue weighted by Crippen LogP contribution is 2.15. The Kier molecular flexibility index (Phi) is 10.5. The van der Waals surface area contributed by atoms with Crippen molar-refractivity contribution in [3.63, 3.8) is 0 Å². The van der Waals surface area contributed by atoms with E-state index >= 15 is 0 Å². The van der Waals surface area contributed by atoms with Gasteiger partial charge in [-0.15, -0.1) is 0 Å². The Hall–Kier alpha value is 0.967. The van der Waals surface area contributed by atoms with Crippen LogP contribution in [0.1, 0.15) is 40.0 Å². The zero-order chi connectivity index (χ0) is 12.6. The van der Waals surface area contributed by atoms with E-state index in [1.165, 1.54) is 0 Å². The Labute approximate surface area is 114 Å². The molecule has 0 aromatic heterocycles. The van der Waals surface area contributed by atoms with Crippen molar-refractivity contribution in [3.8, 4) is 0 Å². The predicted molar refractivity (Wildman–Crippen MR) is 70.2 cm³/mol. The molecular weight excluding hydrogens is 291 g/mol. The van der Waals surface area contributed by atoms with Crippen LogP contribution in [-0.2, 0) is 13.3 Å². The summed E-state index contributed by atoms with van der Waals surface area (Å²) >= 11 is 17.6. The monoisotopic (exact) mass is 308 g/mol. The van der Waals surface area contributed by atoms with Crippen LogP contribution < -0.4 is 0 Å². The molecule has 0 rings (SSSR count). The van der Waals surface area contributed by atoms with Crippen LogP contribution in [-0.4, -0.2) is 26.2 Å². The van der Waals surface area contributed by atoms with E-state index < -0.39 is 26.2 Å². The van der Waals surface area contributed by atoms with Crippen LogP contribution in [0, 0.1) is 0 Å². The smallest absolute Gasteiger partial charge is 0.359 e. The molecule has 7 heteroatoms. The first-order chi connectivity index (χ1) is 7.53. The van der Waals surface area contributed by atoms with Crippen LogP contribution in [0.5, 0.6) is 0 Å². The van der Waals surface area contributed by atoms with Crippen molar-refractivity contribution in [1.29, 1.82) is 0 Å². The minimum absolute atomic E-state index is 0.418. The molecule has 0 radical (unpaired) electrons. The van der Waals surface area contributed by atoms with Crippen LogP contribution in [0.2, 0.25) is 0 Å². The Morgan fingerprint density at radius 2 is 1.00 bits per heavy atom. The largest absolute Gasteiger partial charge is 0.487 e. The highest BCUT2D eigenvalue weighted by molar-refractivity contribution is 6.40. The van der Waals surface area contributed by atoms with E-state index in [0.29, 0.717) is 19.3 Å². The average Bonchev–Trinajstić information content (AvgIpc) is 2.28. The van der Waals surface area contributed by atoms with E-state index in [1.54, 1.807) is 0 Å². The number of hydrogen-bond donors (Lipinski definition) is 0. The van der Waals surface area contributed by atoms with E-state index in [1.807, 2.05) is 20.8 Å². The molecule has 0 heterocycles. The van der Waals surface area contributed by atoms with Crippen LogP contribution in [0.3, 0.4) is 0 Å². The molecule has 0 saturated heterocycles. The van der Waals surface area contributed by atoms with Crippen molar-refractivity contribution in [3.05, 3.63) is 0 Å². The lowest BCUT2D eigenvalue weighted by Crippen LogP contribution is -2.34. The summed E-state index contributed by atoms with van der Waals surface area (Å²) in [6.07, 6.45) is 2.03. The zero-order valence-electron chi connectivity index (χ0n) is 9.79. The Balaban J connectivity index is 4.15. The van der Waals surface area contributed by atoms with Crippen molar-refractivity contribution in [2.24, 2.45) is 0 Å². The highest BCUT2D eigenvalue weighted by atomic mass is 35.5. The van der Waals surface area contributed by atoms with E-state index in [9.17, 15) is 0 Å². The highest BCUT2D eigenvalue weighted by Gasteiger charge is 2.25. The fraction of sp³-hybridized carbons (Fsp3) is 1.00. The van der Waals surface area contributed by atoms with Gasteiger partial charge in [0.1, 0.15) is 16.7 Å². The molecule has 0 aliphatic carbocycles. The topological polar surface area (TPSA) is 27.7 Å². The first kappa shape index (κ1) is 17.0. The normalized spacial score (nSPS) is 19.1. The lowest BCUT2D eigenvalue weighted by atomic mass is 10.5. The first-order valence-electron chi connectivity index (χ1n) is 5.41. The van der Waals surface area contributed by atoms with Crippen LogP contribution in [0.15, 0.2) is 0 Å². The summed E-state index contributed by atoms with van der Waals surface area (Å²) in [6.45, 7) is 5.75. The van der Waals surface area contributed by atoms with Gasteiger partial charge in [-0.3, -0.25) is 0 Å². The molecule has 3 unspecified atom stereocenters. The third-order valence-corrected chi connectivity index (χ3v) is 5.14. The van der Waals surface area contributed by atoms with Crippen molar-refractivity contribution in [1.82, 2.24) is 0 Å².